The number of hydrogen-bond donors (Lipinski definition) is 0. The molecular weight excluding hydrogens is 224 g/mol. The van der Waals surface area contributed by atoms with Crippen LogP contribution in [0.25, 0.3) is 11.1 Å². The lowest BCUT2D eigenvalue weighted by Gasteiger charge is -2.14. The van der Waals surface area contributed by atoms with Crippen LogP contribution in [0.15, 0.2) is 42.5 Å². The van der Waals surface area contributed by atoms with E-state index in [-0.39, 0.29) is 5.78 Å². The van der Waals surface area contributed by atoms with Gasteiger partial charge in [0.05, 0.1) is 7.11 Å². The summed E-state index contributed by atoms with van der Waals surface area (Å²) < 4.78 is 5.39. The van der Waals surface area contributed by atoms with E-state index in [2.05, 4.69) is 0 Å². The van der Waals surface area contributed by atoms with Crippen LogP contribution in [0, 0.1) is 6.92 Å². The minimum absolute atomic E-state index is 0.0483. The third-order valence-electron chi connectivity index (χ3n) is 3.04. The summed E-state index contributed by atoms with van der Waals surface area (Å²) in [5.41, 5.74) is 3.75. The normalized spacial score (nSPS) is 10.2. The van der Waals surface area contributed by atoms with Crippen molar-refractivity contribution in [3.8, 4) is 16.9 Å². The van der Waals surface area contributed by atoms with E-state index in [1.807, 2.05) is 49.4 Å². The van der Waals surface area contributed by atoms with Gasteiger partial charge in [-0.1, -0.05) is 36.4 Å². The number of benzene rings is 2. The van der Waals surface area contributed by atoms with Crippen LogP contribution in [0.2, 0.25) is 0 Å². The van der Waals surface area contributed by atoms with E-state index in [0.29, 0.717) is 5.56 Å². The zero-order chi connectivity index (χ0) is 13.1. The molecule has 0 aliphatic carbocycles. The van der Waals surface area contributed by atoms with E-state index < -0.39 is 0 Å². The molecule has 0 spiro atoms. The molecule has 0 heterocycles. The minimum atomic E-state index is 0.0483. The zero-order valence-corrected chi connectivity index (χ0v) is 10.9. The van der Waals surface area contributed by atoms with Gasteiger partial charge in [0.2, 0.25) is 0 Å². The van der Waals surface area contributed by atoms with Crippen molar-refractivity contribution in [2.45, 2.75) is 13.8 Å². The Morgan fingerprint density at radius 3 is 2.39 bits per heavy atom. The lowest BCUT2D eigenvalue weighted by molar-refractivity contribution is 0.101. The predicted octanol–water partition coefficient (Wildman–Crippen LogP) is 3.87. The van der Waals surface area contributed by atoms with Crippen molar-refractivity contribution >= 4 is 5.78 Å². The molecule has 0 fully saturated rings. The Labute approximate surface area is 107 Å². The average Bonchev–Trinajstić information content (AvgIpc) is 2.38. The molecule has 0 atom stereocenters. The Bertz CT molecular complexity index is 585. The molecule has 2 aromatic rings. The molecule has 0 N–H and O–H groups in total. The number of hydrogen-bond acceptors (Lipinski definition) is 2. The quantitative estimate of drug-likeness (QED) is 0.761. The SMILES string of the molecule is COc1cccc(C(C)=O)c1-c1ccccc1C. The molecule has 0 radical (unpaired) electrons. The first kappa shape index (κ1) is 12.4. The maximum atomic E-state index is 11.8. The summed E-state index contributed by atoms with van der Waals surface area (Å²) in [5, 5.41) is 0. The molecule has 0 saturated carbocycles. The Kier molecular flexibility index (Phi) is 3.47. The van der Waals surface area contributed by atoms with Gasteiger partial charge < -0.3 is 4.74 Å². The standard InChI is InChI=1S/C16H16O2/c1-11-7-4-5-8-13(11)16-14(12(2)17)9-6-10-15(16)18-3/h4-10H,1-3H3. The second-order valence-electron chi connectivity index (χ2n) is 4.25. The summed E-state index contributed by atoms with van der Waals surface area (Å²) in [4.78, 5) is 11.8. The van der Waals surface area contributed by atoms with Crippen LogP contribution in [0.3, 0.4) is 0 Å². The Morgan fingerprint density at radius 2 is 1.78 bits per heavy atom. The van der Waals surface area contributed by atoms with Gasteiger partial charge in [0.1, 0.15) is 5.75 Å². The predicted molar refractivity (Wildman–Crippen MR) is 73.2 cm³/mol. The minimum Gasteiger partial charge on any atom is -0.496 e. The summed E-state index contributed by atoms with van der Waals surface area (Å²) in [6, 6.07) is 13.6. The molecule has 2 rings (SSSR count). The third kappa shape index (κ3) is 2.14. The van der Waals surface area contributed by atoms with Crippen molar-refractivity contribution in [1.82, 2.24) is 0 Å². The molecule has 2 aromatic carbocycles. The highest BCUT2D eigenvalue weighted by atomic mass is 16.5. The van der Waals surface area contributed by atoms with Gasteiger partial charge in [0.25, 0.3) is 0 Å². The van der Waals surface area contributed by atoms with Gasteiger partial charge in [-0.3, -0.25) is 4.79 Å². The van der Waals surface area contributed by atoms with Crippen molar-refractivity contribution in [1.29, 1.82) is 0 Å². The van der Waals surface area contributed by atoms with Crippen LogP contribution in [0.4, 0.5) is 0 Å². The highest BCUT2D eigenvalue weighted by Gasteiger charge is 2.15. The van der Waals surface area contributed by atoms with E-state index in [9.17, 15) is 4.79 Å². The van der Waals surface area contributed by atoms with Crippen molar-refractivity contribution in [3.63, 3.8) is 0 Å². The smallest absolute Gasteiger partial charge is 0.160 e. The topological polar surface area (TPSA) is 26.3 Å². The Hall–Kier alpha value is -2.09. The van der Waals surface area contributed by atoms with Gasteiger partial charge in [-0.05, 0) is 31.0 Å². The van der Waals surface area contributed by atoms with E-state index in [4.69, 9.17) is 4.74 Å². The van der Waals surface area contributed by atoms with Crippen LogP contribution >= 0.6 is 0 Å². The van der Waals surface area contributed by atoms with Gasteiger partial charge in [0, 0.05) is 11.1 Å². The van der Waals surface area contributed by atoms with Crippen LogP contribution < -0.4 is 4.74 Å². The summed E-state index contributed by atoms with van der Waals surface area (Å²) >= 11 is 0. The first-order valence-electron chi connectivity index (χ1n) is 5.89. The number of methoxy groups -OCH3 is 1. The van der Waals surface area contributed by atoms with E-state index in [1.54, 1.807) is 14.0 Å². The number of rotatable bonds is 3. The second-order valence-corrected chi connectivity index (χ2v) is 4.25. The summed E-state index contributed by atoms with van der Waals surface area (Å²) in [6.45, 7) is 3.61. The molecule has 0 aliphatic rings. The summed E-state index contributed by atoms with van der Waals surface area (Å²) in [7, 11) is 1.63. The van der Waals surface area contributed by atoms with Gasteiger partial charge in [0.15, 0.2) is 5.78 Å². The molecule has 0 saturated heterocycles. The molecule has 2 heteroatoms. The average molecular weight is 240 g/mol. The molecular formula is C16H16O2. The highest BCUT2D eigenvalue weighted by Crippen LogP contribution is 2.35. The van der Waals surface area contributed by atoms with Crippen LogP contribution in [-0.4, -0.2) is 12.9 Å². The fourth-order valence-electron chi connectivity index (χ4n) is 2.13. The lowest BCUT2D eigenvalue weighted by Crippen LogP contribution is -2.00. The van der Waals surface area contributed by atoms with Gasteiger partial charge in [-0.15, -0.1) is 0 Å². The van der Waals surface area contributed by atoms with Crippen molar-refractivity contribution in [2.75, 3.05) is 7.11 Å². The highest BCUT2D eigenvalue weighted by molar-refractivity contribution is 6.02. The molecule has 0 aromatic heterocycles. The van der Waals surface area contributed by atoms with Crippen molar-refractivity contribution in [3.05, 3.63) is 53.6 Å². The van der Waals surface area contributed by atoms with Gasteiger partial charge in [-0.25, -0.2) is 0 Å². The number of ketones is 1. The molecule has 0 amide bonds. The fraction of sp³-hybridized carbons (Fsp3) is 0.188. The largest absolute Gasteiger partial charge is 0.496 e. The number of ether oxygens (including phenoxy) is 1. The molecule has 0 aliphatic heterocycles. The van der Waals surface area contributed by atoms with Crippen LogP contribution in [0.5, 0.6) is 5.75 Å². The Morgan fingerprint density at radius 1 is 1.06 bits per heavy atom. The summed E-state index contributed by atoms with van der Waals surface area (Å²) in [5.74, 6) is 0.782. The monoisotopic (exact) mass is 240 g/mol. The van der Waals surface area contributed by atoms with Crippen LogP contribution in [-0.2, 0) is 0 Å². The Balaban J connectivity index is 2.76. The number of carbonyl (C=O) groups excluding carboxylic acids is 1. The maximum Gasteiger partial charge on any atom is 0.160 e. The molecule has 18 heavy (non-hydrogen) atoms. The fourth-order valence-corrected chi connectivity index (χ4v) is 2.13. The van der Waals surface area contributed by atoms with Gasteiger partial charge in [-0.2, -0.15) is 0 Å². The van der Waals surface area contributed by atoms with Crippen LogP contribution in [0.1, 0.15) is 22.8 Å². The van der Waals surface area contributed by atoms with E-state index in [0.717, 1.165) is 22.4 Å². The summed E-state index contributed by atoms with van der Waals surface area (Å²) in [6.07, 6.45) is 0. The zero-order valence-electron chi connectivity index (χ0n) is 10.9. The molecule has 0 bridgehead atoms. The van der Waals surface area contributed by atoms with E-state index >= 15 is 0 Å². The van der Waals surface area contributed by atoms with Crippen molar-refractivity contribution in [2.24, 2.45) is 0 Å². The third-order valence-corrected chi connectivity index (χ3v) is 3.04. The van der Waals surface area contributed by atoms with E-state index in [1.165, 1.54) is 0 Å². The maximum absolute atomic E-state index is 11.8. The second kappa shape index (κ2) is 5.05. The van der Waals surface area contributed by atoms with Gasteiger partial charge >= 0.3 is 0 Å². The number of carbonyl (C=O) groups is 1. The molecule has 2 nitrogen and oxygen atoms in total. The number of aryl methyl sites for hydroxylation is 1. The first-order chi connectivity index (χ1) is 8.65. The van der Waals surface area contributed by atoms with Crippen molar-refractivity contribution < 1.29 is 9.53 Å². The first-order valence-corrected chi connectivity index (χ1v) is 5.89. The molecule has 92 valence electrons. The lowest BCUT2D eigenvalue weighted by atomic mass is 9.93. The number of Topliss-reactive ketones (excluding diaryl/α,β-unsaturated/α-hetero) is 1. The molecule has 0 unspecified atom stereocenters.